The predicted octanol–water partition coefficient (Wildman–Crippen LogP) is 2.10. The van der Waals surface area contributed by atoms with Gasteiger partial charge in [-0.2, -0.15) is 5.26 Å². The van der Waals surface area contributed by atoms with Gasteiger partial charge in [0.15, 0.2) is 0 Å². The fourth-order valence-electron chi connectivity index (χ4n) is 0.907. The van der Waals surface area contributed by atoms with Gasteiger partial charge in [-0.1, -0.05) is 15.9 Å². The van der Waals surface area contributed by atoms with Crippen LogP contribution in [0.1, 0.15) is 23.0 Å². The molecule has 0 fully saturated rings. The van der Waals surface area contributed by atoms with Crippen LogP contribution in [0.3, 0.4) is 0 Å². The van der Waals surface area contributed by atoms with E-state index in [2.05, 4.69) is 32.0 Å². The fourth-order valence-corrected chi connectivity index (χ4v) is 1.38. The molecule has 0 saturated carbocycles. The van der Waals surface area contributed by atoms with Crippen molar-refractivity contribution in [2.45, 2.75) is 19.8 Å². The first-order chi connectivity index (χ1) is 6.19. The van der Waals surface area contributed by atoms with E-state index in [4.69, 9.17) is 5.26 Å². The van der Waals surface area contributed by atoms with Crippen LogP contribution in [0.4, 0.5) is 0 Å². The molecule has 0 saturated heterocycles. The zero-order valence-corrected chi connectivity index (χ0v) is 9.17. The third-order valence-electron chi connectivity index (χ3n) is 1.88. The SMILES string of the molecule is Cc1ncc(C(C#N)CBr)nc1C. The topological polar surface area (TPSA) is 49.6 Å². The minimum atomic E-state index is -0.202. The van der Waals surface area contributed by atoms with Gasteiger partial charge in [0.1, 0.15) is 0 Å². The average Bonchev–Trinajstić information content (AvgIpc) is 2.13. The Morgan fingerprint density at radius 1 is 1.54 bits per heavy atom. The Bertz CT molecular complexity index is 343. The van der Waals surface area contributed by atoms with Crippen LogP contribution >= 0.6 is 15.9 Å². The molecule has 0 aliphatic carbocycles. The van der Waals surface area contributed by atoms with Crippen LogP contribution in [-0.2, 0) is 0 Å². The van der Waals surface area contributed by atoms with E-state index >= 15 is 0 Å². The molecule has 1 rings (SSSR count). The molecule has 1 atom stereocenters. The van der Waals surface area contributed by atoms with Crippen molar-refractivity contribution in [3.63, 3.8) is 0 Å². The van der Waals surface area contributed by atoms with Gasteiger partial charge >= 0.3 is 0 Å². The van der Waals surface area contributed by atoms with Gasteiger partial charge in [-0.15, -0.1) is 0 Å². The molecule has 0 aliphatic rings. The number of rotatable bonds is 2. The molecule has 13 heavy (non-hydrogen) atoms. The van der Waals surface area contributed by atoms with Gasteiger partial charge < -0.3 is 0 Å². The third-order valence-corrected chi connectivity index (χ3v) is 2.53. The number of nitriles is 1. The molecule has 0 radical (unpaired) electrons. The van der Waals surface area contributed by atoms with Gasteiger partial charge in [-0.3, -0.25) is 9.97 Å². The Balaban J connectivity index is 3.04. The Hall–Kier alpha value is -0.950. The molecule has 0 bridgehead atoms. The Labute approximate surface area is 86.0 Å². The van der Waals surface area contributed by atoms with E-state index < -0.39 is 0 Å². The van der Waals surface area contributed by atoms with Crippen LogP contribution in [0.5, 0.6) is 0 Å². The molecule has 0 aliphatic heterocycles. The summed E-state index contributed by atoms with van der Waals surface area (Å²) in [6.45, 7) is 3.80. The zero-order chi connectivity index (χ0) is 9.84. The molecule has 4 heteroatoms. The van der Waals surface area contributed by atoms with Gasteiger partial charge in [0, 0.05) is 5.33 Å². The van der Waals surface area contributed by atoms with Gasteiger partial charge in [0.2, 0.25) is 0 Å². The normalized spacial score (nSPS) is 12.2. The van der Waals surface area contributed by atoms with E-state index in [1.54, 1.807) is 6.20 Å². The lowest BCUT2D eigenvalue weighted by Gasteiger charge is -2.05. The largest absolute Gasteiger partial charge is 0.258 e. The number of nitrogens with zero attached hydrogens (tertiary/aromatic N) is 3. The number of hydrogen-bond donors (Lipinski definition) is 0. The second-order valence-corrected chi connectivity index (χ2v) is 3.45. The van der Waals surface area contributed by atoms with Crippen molar-refractivity contribution in [1.29, 1.82) is 5.26 Å². The lowest BCUT2D eigenvalue weighted by Crippen LogP contribution is -2.03. The molecule has 0 amide bonds. The minimum absolute atomic E-state index is 0.202. The summed E-state index contributed by atoms with van der Waals surface area (Å²) in [5, 5.41) is 9.39. The summed E-state index contributed by atoms with van der Waals surface area (Å²) in [5.74, 6) is -0.202. The zero-order valence-electron chi connectivity index (χ0n) is 7.58. The van der Waals surface area contributed by atoms with E-state index in [0.717, 1.165) is 17.1 Å². The standard InChI is InChI=1S/C9H10BrN3/c1-6-7(2)13-9(5-12-6)8(3-10)4-11/h5,8H,3H2,1-2H3. The summed E-state index contributed by atoms with van der Waals surface area (Å²) in [7, 11) is 0. The fraction of sp³-hybridized carbons (Fsp3) is 0.444. The van der Waals surface area contributed by atoms with E-state index in [1.165, 1.54) is 0 Å². The molecule has 1 heterocycles. The lowest BCUT2D eigenvalue weighted by molar-refractivity contribution is 0.884. The van der Waals surface area contributed by atoms with Crippen molar-refractivity contribution in [1.82, 2.24) is 9.97 Å². The van der Waals surface area contributed by atoms with Crippen LogP contribution in [0.2, 0.25) is 0 Å². The first-order valence-electron chi connectivity index (χ1n) is 3.94. The van der Waals surface area contributed by atoms with Crippen LogP contribution in [0, 0.1) is 25.2 Å². The van der Waals surface area contributed by atoms with Crippen molar-refractivity contribution in [2.75, 3.05) is 5.33 Å². The molecule has 3 nitrogen and oxygen atoms in total. The summed E-state index contributed by atoms with van der Waals surface area (Å²) >= 11 is 3.27. The monoisotopic (exact) mass is 239 g/mol. The van der Waals surface area contributed by atoms with E-state index in [9.17, 15) is 0 Å². The van der Waals surface area contributed by atoms with Crippen LogP contribution in [0.15, 0.2) is 6.20 Å². The van der Waals surface area contributed by atoms with Crippen molar-refractivity contribution in [3.8, 4) is 6.07 Å². The first kappa shape index (κ1) is 10.1. The summed E-state index contributed by atoms with van der Waals surface area (Å²) in [5.41, 5.74) is 2.54. The third kappa shape index (κ3) is 2.25. The van der Waals surface area contributed by atoms with Crippen molar-refractivity contribution < 1.29 is 0 Å². The summed E-state index contributed by atoms with van der Waals surface area (Å²) in [6, 6.07) is 2.17. The van der Waals surface area contributed by atoms with E-state index in [1.807, 2.05) is 13.8 Å². The quantitative estimate of drug-likeness (QED) is 0.743. The molecular weight excluding hydrogens is 230 g/mol. The molecular formula is C9H10BrN3. The van der Waals surface area contributed by atoms with Crippen LogP contribution in [-0.4, -0.2) is 15.3 Å². The summed E-state index contributed by atoms with van der Waals surface area (Å²) < 4.78 is 0. The number of aromatic nitrogens is 2. The highest BCUT2D eigenvalue weighted by Crippen LogP contribution is 2.15. The Morgan fingerprint density at radius 2 is 2.23 bits per heavy atom. The maximum atomic E-state index is 8.79. The molecule has 1 unspecified atom stereocenters. The van der Waals surface area contributed by atoms with E-state index in [0.29, 0.717) is 5.33 Å². The average molecular weight is 240 g/mol. The number of aryl methyl sites for hydroxylation is 2. The number of halogens is 1. The van der Waals surface area contributed by atoms with Crippen molar-refractivity contribution >= 4 is 15.9 Å². The molecule has 0 N–H and O–H groups in total. The Morgan fingerprint density at radius 3 is 2.69 bits per heavy atom. The molecule has 0 spiro atoms. The van der Waals surface area contributed by atoms with Crippen LogP contribution in [0.25, 0.3) is 0 Å². The maximum Gasteiger partial charge on any atom is 0.0996 e. The van der Waals surface area contributed by atoms with Gasteiger partial charge in [-0.05, 0) is 13.8 Å². The van der Waals surface area contributed by atoms with Crippen molar-refractivity contribution in [3.05, 3.63) is 23.3 Å². The lowest BCUT2D eigenvalue weighted by atomic mass is 10.1. The highest BCUT2D eigenvalue weighted by atomic mass is 79.9. The molecule has 0 aromatic carbocycles. The van der Waals surface area contributed by atoms with Gasteiger partial charge in [0.25, 0.3) is 0 Å². The van der Waals surface area contributed by atoms with Crippen LogP contribution < -0.4 is 0 Å². The van der Waals surface area contributed by atoms with Crippen molar-refractivity contribution in [2.24, 2.45) is 0 Å². The Kier molecular flexibility index (Phi) is 3.38. The predicted molar refractivity (Wildman–Crippen MR) is 53.7 cm³/mol. The minimum Gasteiger partial charge on any atom is -0.258 e. The first-order valence-corrected chi connectivity index (χ1v) is 5.07. The molecule has 68 valence electrons. The number of hydrogen-bond acceptors (Lipinski definition) is 3. The van der Waals surface area contributed by atoms with E-state index in [-0.39, 0.29) is 5.92 Å². The maximum absolute atomic E-state index is 8.79. The molecule has 1 aromatic heterocycles. The van der Waals surface area contributed by atoms with Gasteiger partial charge in [-0.25, -0.2) is 0 Å². The highest BCUT2D eigenvalue weighted by molar-refractivity contribution is 9.09. The highest BCUT2D eigenvalue weighted by Gasteiger charge is 2.11. The molecule has 1 aromatic rings. The number of alkyl halides is 1. The second-order valence-electron chi connectivity index (χ2n) is 2.80. The summed E-state index contributed by atoms with van der Waals surface area (Å²) in [4.78, 5) is 8.46. The second kappa shape index (κ2) is 4.33. The van der Waals surface area contributed by atoms with Gasteiger partial charge in [0.05, 0.1) is 35.3 Å². The smallest absolute Gasteiger partial charge is 0.0996 e. The summed E-state index contributed by atoms with van der Waals surface area (Å²) in [6.07, 6.45) is 1.66.